The lowest BCUT2D eigenvalue weighted by molar-refractivity contribution is 0.187. The van der Waals surface area contributed by atoms with Crippen molar-refractivity contribution in [3.05, 3.63) is 53.4 Å². The summed E-state index contributed by atoms with van der Waals surface area (Å²) in [5, 5.41) is 10.9. The van der Waals surface area contributed by atoms with Crippen LogP contribution < -0.4 is 10.0 Å². The first-order valence-corrected chi connectivity index (χ1v) is 10.4. The van der Waals surface area contributed by atoms with Gasteiger partial charge >= 0.3 is 6.09 Å². The fourth-order valence-corrected chi connectivity index (χ4v) is 3.99. The average molecular weight is 406 g/mol. The van der Waals surface area contributed by atoms with E-state index in [1.807, 2.05) is 29.1 Å². The summed E-state index contributed by atoms with van der Waals surface area (Å²) >= 11 is 1.60. The summed E-state index contributed by atoms with van der Waals surface area (Å²) in [6.07, 6.45) is 1.19. The zero-order valence-electron chi connectivity index (χ0n) is 14.5. The van der Waals surface area contributed by atoms with Crippen molar-refractivity contribution >= 4 is 33.1 Å². The molecule has 2 aromatic heterocycles. The molecule has 1 amide bonds. The van der Waals surface area contributed by atoms with Gasteiger partial charge in [-0.2, -0.15) is 16.4 Å². The maximum Gasteiger partial charge on any atom is 0.411 e. The maximum absolute atomic E-state index is 12.4. The van der Waals surface area contributed by atoms with Gasteiger partial charge in [-0.15, -0.1) is 0 Å². The van der Waals surface area contributed by atoms with Gasteiger partial charge in [0.15, 0.2) is 0 Å². The van der Waals surface area contributed by atoms with Crippen molar-refractivity contribution in [2.45, 2.75) is 11.4 Å². The Labute approximate surface area is 160 Å². The van der Waals surface area contributed by atoms with Gasteiger partial charge in [-0.05, 0) is 41.8 Å². The monoisotopic (exact) mass is 406 g/mol. The van der Waals surface area contributed by atoms with E-state index >= 15 is 0 Å². The number of sulfonamides is 1. The third kappa shape index (κ3) is 4.94. The van der Waals surface area contributed by atoms with Crippen LogP contribution in [-0.2, 0) is 21.3 Å². The molecule has 0 bridgehead atoms. The fraction of sp³-hybridized carbons (Fsp3) is 0.176. The van der Waals surface area contributed by atoms with Crippen LogP contribution in [0.3, 0.4) is 0 Å². The molecule has 27 heavy (non-hydrogen) atoms. The summed E-state index contributed by atoms with van der Waals surface area (Å²) < 4.78 is 33.4. The van der Waals surface area contributed by atoms with E-state index in [9.17, 15) is 13.2 Å². The molecule has 0 atom stereocenters. The minimum Gasteiger partial charge on any atom is -0.453 e. The molecule has 8 nitrogen and oxygen atoms in total. The lowest BCUT2D eigenvalue weighted by Crippen LogP contribution is -2.27. The van der Waals surface area contributed by atoms with Gasteiger partial charge in [0.25, 0.3) is 0 Å². The lowest BCUT2D eigenvalue weighted by atomic mass is 10.2. The number of nitrogens with one attached hydrogen (secondary N) is 2. The zero-order chi connectivity index (χ0) is 19.3. The number of thiophene rings is 1. The van der Waals surface area contributed by atoms with Gasteiger partial charge in [-0.1, -0.05) is 0 Å². The number of hydrogen-bond acceptors (Lipinski definition) is 6. The van der Waals surface area contributed by atoms with E-state index in [2.05, 4.69) is 19.9 Å². The van der Waals surface area contributed by atoms with Crippen LogP contribution in [0.15, 0.2) is 58.3 Å². The van der Waals surface area contributed by atoms with Gasteiger partial charge in [0.1, 0.15) is 0 Å². The molecule has 3 aromatic rings. The van der Waals surface area contributed by atoms with Crippen LogP contribution in [-0.4, -0.2) is 37.9 Å². The molecule has 0 radical (unpaired) electrons. The van der Waals surface area contributed by atoms with Crippen molar-refractivity contribution < 1.29 is 17.9 Å². The van der Waals surface area contributed by atoms with Crippen LogP contribution in [0.2, 0.25) is 0 Å². The first kappa shape index (κ1) is 19.1. The van der Waals surface area contributed by atoms with E-state index in [0.717, 1.165) is 11.3 Å². The van der Waals surface area contributed by atoms with Gasteiger partial charge in [0.05, 0.1) is 24.2 Å². The minimum atomic E-state index is -3.65. The van der Waals surface area contributed by atoms with Crippen LogP contribution >= 0.6 is 11.3 Å². The summed E-state index contributed by atoms with van der Waals surface area (Å²) in [7, 11) is -2.40. The molecule has 3 rings (SSSR count). The van der Waals surface area contributed by atoms with Crippen molar-refractivity contribution in [2.24, 2.45) is 0 Å². The highest BCUT2D eigenvalue weighted by atomic mass is 32.2. The highest BCUT2D eigenvalue weighted by Crippen LogP contribution is 2.19. The van der Waals surface area contributed by atoms with Crippen molar-refractivity contribution in [1.82, 2.24) is 14.5 Å². The van der Waals surface area contributed by atoms with E-state index < -0.39 is 16.1 Å². The number of nitrogens with zero attached hydrogens (tertiary/aromatic N) is 2. The molecule has 142 valence electrons. The quantitative estimate of drug-likeness (QED) is 0.628. The Balaban J connectivity index is 1.56. The summed E-state index contributed by atoms with van der Waals surface area (Å²) in [5.74, 6) is 0. The van der Waals surface area contributed by atoms with Crippen LogP contribution in [0.4, 0.5) is 10.5 Å². The SMILES string of the molecule is COC(=O)Nc1ccc(S(=O)(=O)NCCn2ccc(-c3ccsc3)n2)cc1. The van der Waals surface area contributed by atoms with Crippen molar-refractivity contribution in [3.63, 3.8) is 0 Å². The molecule has 2 N–H and O–H groups in total. The van der Waals surface area contributed by atoms with Gasteiger partial charge in [-0.25, -0.2) is 17.9 Å². The Kier molecular flexibility index (Phi) is 5.89. The predicted octanol–water partition coefficient (Wildman–Crippen LogP) is 2.77. The fourth-order valence-electron chi connectivity index (χ4n) is 2.31. The molecule has 0 saturated heterocycles. The molecule has 0 unspecified atom stereocenters. The second kappa shape index (κ2) is 8.33. The highest BCUT2D eigenvalue weighted by molar-refractivity contribution is 7.89. The molecule has 0 aliphatic carbocycles. The summed E-state index contributed by atoms with van der Waals surface area (Å²) in [5.41, 5.74) is 2.34. The van der Waals surface area contributed by atoms with E-state index in [1.165, 1.54) is 31.4 Å². The van der Waals surface area contributed by atoms with E-state index in [0.29, 0.717) is 12.2 Å². The number of methoxy groups -OCH3 is 1. The Morgan fingerprint density at radius 2 is 2.00 bits per heavy atom. The summed E-state index contributed by atoms with van der Waals surface area (Å²) in [4.78, 5) is 11.3. The Morgan fingerprint density at radius 3 is 2.67 bits per heavy atom. The first-order chi connectivity index (χ1) is 13.0. The van der Waals surface area contributed by atoms with E-state index in [1.54, 1.807) is 16.0 Å². The Hall–Kier alpha value is -2.69. The molecule has 0 aliphatic heterocycles. The Morgan fingerprint density at radius 1 is 1.22 bits per heavy atom. The number of carbonyl (C=O) groups is 1. The number of carbonyl (C=O) groups excluding carboxylic acids is 1. The standard InChI is InChI=1S/C17H18N4O4S2/c1-25-17(22)19-14-2-4-15(5-3-14)27(23,24)18-8-10-21-9-6-16(20-21)13-7-11-26-12-13/h2-7,9,11-12,18H,8,10H2,1H3,(H,19,22). The van der Waals surface area contributed by atoms with Crippen LogP contribution in [0.1, 0.15) is 0 Å². The molecule has 10 heteroatoms. The molecule has 0 fully saturated rings. The third-order valence-corrected chi connectivity index (χ3v) is 5.85. The smallest absolute Gasteiger partial charge is 0.411 e. The lowest BCUT2D eigenvalue weighted by Gasteiger charge is -2.08. The van der Waals surface area contributed by atoms with Gasteiger partial charge in [0.2, 0.25) is 10.0 Å². The van der Waals surface area contributed by atoms with Crippen molar-refractivity contribution in [2.75, 3.05) is 19.0 Å². The molecule has 0 saturated carbocycles. The molecule has 0 spiro atoms. The number of amides is 1. The van der Waals surface area contributed by atoms with Crippen LogP contribution in [0.25, 0.3) is 11.3 Å². The largest absolute Gasteiger partial charge is 0.453 e. The summed E-state index contributed by atoms with van der Waals surface area (Å²) in [6.45, 7) is 0.612. The summed E-state index contributed by atoms with van der Waals surface area (Å²) in [6, 6.07) is 9.69. The number of rotatable bonds is 7. The zero-order valence-corrected chi connectivity index (χ0v) is 16.1. The van der Waals surface area contributed by atoms with E-state index in [-0.39, 0.29) is 11.4 Å². The minimum absolute atomic E-state index is 0.109. The van der Waals surface area contributed by atoms with Gasteiger partial charge in [0, 0.05) is 29.4 Å². The maximum atomic E-state index is 12.4. The number of benzene rings is 1. The Bertz CT molecular complexity index is 996. The van der Waals surface area contributed by atoms with Crippen LogP contribution in [0.5, 0.6) is 0 Å². The molecule has 0 aliphatic rings. The first-order valence-electron chi connectivity index (χ1n) is 7.99. The van der Waals surface area contributed by atoms with E-state index in [4.69, 9.17) is 0 Å². The number of anilines is 1. The van der Waals surface area contributed by atoms with Gasteiger partial charge in [-0.3, -0.25) is 10.00 Å². The average Bonchev–Trinajstić information content (AvgIpc) is 3.33. The second-order valence-corrected chi connectivity index (χ2v) is 8.06. The third-order valence-electron chi connectivity index (χ3n) is 3.69. The van der Waals surface area contributed by atoms with Crippen molar-refractivity contribution in [3.8, 4) is 11.3 Å². The topological polar surface area (TPSA) is 102 Å². The molecule has 1 aromatic carbocycles. The molecule has 2 heterocycles. The molecular formula is C17H18N4O4S2. The molecular weight excluding hydrogens is 388 g/mol. The van der Waals surface area contributed by atoms with Gasteiger partial charge < -0.3 is 4.74 Å². The number of ether oxygens (including phenoxy) is 1. The predicted molar refractivity (Wildman–Crippen MR) is 103 cm³/mol. The van der Waals surface area contributed by atoms with Crippen molar-refractivity contribution in [1.29, 1.82) is 0 Å². The normalized spacial score (nSPS) is 11.3. The number of hydrogen-bond donors (Lipinski definition) is 2. The van der Waals surface area contributed by atoms with Crippen LogP contribution in [0, 0.1) is 0 Å². The number of aromatic nitrogens is 2. The second-order valence-electron chi connectivity index (χ2n) is 5.51. The highest BCUT2D eigenvalue weighted by Gasteiger charge is 2.14.